The molecule has 0 aliphatic carbocycles. The summed E-state index contributed by atoms with van der Waals surface area (Å²) in [6.07, 6.45) is 5.28. The molecular formula is C29H38N4O2. The van der Waals surface area contributed by atoms with Crippen LogP contribution in [0.2, 0.25) is 0 Å². The molecule has 0 radical (unpaired) electrons. The second kappa shape index (κ2) is 12.9. The lowest BCUT2D eigenvalue weighted by molar-refractivity contribution is -0.134. The Labute approximate surface area is 209 Å². The van der Waals surface area contributed by atoms with E-state index in [4.69, 9.17) is 5.10 Å². The summed E-state index contributed by atoms with van der Waals surface area (Å²) >= 11 is 0. The molecule has 0 fully saturated rings. The lowest BCUT2D eigenvalue weighted by atomic mass is 10.1. The van der Waals surface area contributed by atoms with Crippen molar-refractivity contribution in [3.8, 4) is 16.8 Å². The van der Waals surface area contributed by atoms with Gasteiger partial charge in [-0.15, -0.1) is 0 Å². The number of aromatic nitrogens is 2. The maximum absolute atomic E-state index is 13.3. The fourth-order valence-electron chi connectivity index (χ4n) is 4.24. The highest BCUT2D eigenvalue weighted by molar-refractivity contribution is 5.98. The van der Waals surface area contributed by atoms with Crippen molar-refractivity contribution in [3.05, 3.63) is 65.9 Å². The summed E-state index contributed by atoms with van der Waals surface area (Å²) in [5.41, 5.74) is 4.66. The molecule has 186 valence electrons. The van der Waals surface area contributed by atoms with Crippen molar-refractivity contribution in [3.63, 3.8) is 0 Å². The van der Waals surface area contributed by atoms with E-state index < -0.39 is 0 Å². The van der Waals surface area contributed by atoms with Gasteiger partial charge in [0.2, 0.25) is 11.8 Å². The summed E-state index contributed by atoms with van der Waals surface area (Å²) in [6.45, 7) is 8.83. The monoisotopic (exact) mass is 474 g/mol. The second-order valence-electron chi connectivity index (χ2n) is 9.05. The standard InChI is InChI=1S/C29H38N4O2/c1-5-7-10-19-27(35)32(20-8-6-2)21-26(34)30-29-28(24-16-11-9-12-17-24)23(4)31-33(29)25-18-14-13-15-22(25)3/h9,11-18H,5-8,10,19-21H2,1-4H3,(H,30,34). The summed E-state index contributed by atoms with van der Waals surface area (Å²) in [7, 11) is 0. The highest BCUT2D eigenvalue weighted by atomic mass is 16.2. The summed E-state index contributed by atoms with van der Waals surface area (Å²) in [5, 5.41) is 7.93. The largest absolute Gasteiger partial charge is 0.333 e. The third-order valence-electron chi connectivity index (χ3n) is 6.19. The molecule has 0 atom stereocenters. The lowest BCUT2D eigenvalue weighted by Crippen LogP contribution is -2.38. The van der Waals surface area contributed by atoms with Gasteiger partial charge in [0, 0.05) is 18.5 Å². The Balaban J connectivity index is 1.93. The van der Waals surface area contributed by atoms with Crippen LogP contribution in [0.15, 0.2) is 54.6 Å². The highest BCUT2D eigenvalue weighted by Crippen LogP contribution is 2.34. The number of amides is 2. The molecule has 3 aromatic rings. The first kappa shape index (κ1) is 26.2. The number of nitrogens with one attached hydrogen (secondary N) is 1. The average Bonchev–Trinajstić information content (AvgIpc) is 3.17. The maximum Gasteiger partial charge on any atom is 0.245 e. The molecule has 3 rings (SSSR count). The van der Waals surface area contributed by atoms with Crippen LogP contribution in [0.5, 0.6) is 0 Å². The first-order valence-electron chi connectivity index (χ1n) is 12.7. The Morgan fingerprint density at radius 3 is 2.29 bits per heavy atom. The second-order valence-corrected chi connectivity index (χ2v) is 9.05. The molecule has 0 saturated heterocycles. The van der Waals surface area contributed by atoms with Gasteiger partial charge >= 0.3 is 0 Å². The number of carbonyl (C=O) groups is 2. The molecule has 2 amide bonds. The molecular weight excluding hydrogens is 436 g/mol. The van der Waals surface area contributed by atoms with E-state index >= 15 is 0 Å². The van der Waals surface area contributed by atoms with Crippen LogP contribution in [0.1, 0.15) is 63.6 Å². The Bertz CT molecular complexity index is 1120. The number of carbonyl (C=O) groups excluding carboxylic acids is 2. The molecule has 35 heavy (non-hydrogen) atoms. The minimum atomic E-state index is -0.211. The lowest BCUT2D eigenvalue weighted by Gasteiger charge is -2.22. The number of benzene rings is 2. The maximum atomic E-state index is 13.3. The zero-order valence-electron chi connectivity index (χ0n) is 21.5. The van der Waals surface area contributed by atoms with Gasteiger partial charge in [0.05, 0.1) is 17.9 Å². The molecule has 1 N–H and O–H groups in total. The van der Waals surface area contributed by atoms with E-state index in [9.17, 15) is 9.59 Å². The van der Waals surface area contributed by atoms with Crippen LogP contribution in [-0.4, -0.2) is 39.6 Å². The molecule has 1 aromatic heterocycles. The van der Waals surface area contributed by atoms with E-state index in [0.29, 0.717) is 18.8 Å². The van der Waals surface area contributed by atoms with E-state index in [2.05, 4.69) is 19.2 Å². The molecule has 0 bridgehead atoms. The van der Waals surface area contributed by atoms with Crippen LogP contribution in [-0.2, 0) is 9.59 Å². The molecule has 1 heterocycles. The summed E-state index contributed by atoms with van der Waals surface area (Å²) < 4.78 is 1.81. The van der Waals surface area contributed by atoms with Crippen LogP contribution >= 0.6 is 0 Å². The summed E-state index contributed by atoms with van der Waals surface area (Å²) in [5.74, 6) is 0.465. The van der Waals surface area contributed by atoms with E-state index in [1.54, 1.807) is 4.90 Å². The molecule has 2 aromatic carbocycles. The van der Waals surface area contributed by atoms with E-state index in [1.165, 1.54) is 0 Å². The van der Waals surface area contributed by atoms with Gasteiger partial charge in [-0.1, -0.05) is 81.6 Å². The third-order valence-corrected chi connectivity index (χ3v) is 6.19. The number of hydrogen-bond acceptors (Lipinski definition) is 3. The first-order chi connectivity index (χ1) is 17.0. The number of nitrogens with zero attached hydrogens (tertiary/aromatic N) is 3. The van der Waals surface area contributed by atoms with Gasteiger partial charge in [-0.3, -0.25) is 9.59 Å². The van der Waals surface area contributed by atoms with E-state index in [-0.39, 0.29) is 18.4 Å². The molecule has 0 spiro atoms. The topological polar surface area (TPSA) is 67.2 Å². The van der Waals surface area contributed by atoms with Crippen molar-refractivity contribution in [2.24, 2.45) is 0 Å². The van der Waals surface area contributed by atoms with Gasteiger partial charge in [-0.05, 0) is 43.9 Å². The normalized spacial score (nSPS) is 10.9. The van der Waals surface area contributed by atoms with Crippen LogP contribution in [0.4, 0.5) is 5.82 Å². The van der Waals surface area contributed by atoms with Gasteiger partial charge in [-0.25, -0.2) is 4.68 Å². The quantitative estimate of drug-likeness (QED) is 0.313. The van der Waals surface area contributed by atoms with Crippen LogP contribution in [0.3, 0.4) is 0 Å². The SMILES string of the molecule is CCCCCC(=O)N(CCCC)CC(=O)Nc1c(-c2ccccc2)c(C)nn1-c1ccccc1C. The van der Waals surface area contributed by atoms with Crippen molar-refractivity contribution >= 4 is 17.6 Å². The van der Waals surface area contributed by atoms with Crippen molar-refractivity contribution in [2.75, 3.05) is 18.4 Å². The van der Waals surface area contributed by atoms with Crippen molar-refractivity contribution in [1.29, 1.82) is 0 Å². The van der Waals surface area contributed by atoms with Gasteiger partial charge in [-0.2, -0.15) is 5.10 Å². The summed E-state index contributed by atoms with van der Waals surface area (Å²) in [4.78, 5) is 27.9. The third kappa shape index (κ3) is 6.81. The molecule has 0 aliphatic heterocycles. The van der Waals surface area contributed by atoms with Gasteiger partial charge in [0.25, 0.3) is 0 Å². The van der Waals surface area contributed by atoms with Crippen molar-refractivity contribution < 1.29 is 9.59 Å². The number of para-hydroxylation sites is 1. The number of unbranched alkanes of at least 4 members (excludes halogenated alkanes) is 3. The Kier molecular flexibility index (Phi) is 9.65. The van der Waals surface area contributed by atoms with Crippen LogP contribution in [0, 0.1) is 13.8 Å². The van der Waals surface area contributed by atoms with Crippen LogP contribution in [0.25, 0.3) is 16.8 Å². The molecule has 6 heteroatoms. The molecule has 6 nitrogen and oxygen atoms in total. The smallest absolute Gasteiger partial charge is 0.245 e. The molecule has 0 aliphatic rings. The molecule has 0 unspecified atom stereocenters. The van der Waals surface area contributed by atoms with E-state index in [1.807, 2.05) is 73.1 Å². The van der Waals surface area contributed by atoms with Gasteiger partial charge in [0.15, 0.2) is 0 Å². The average molecular weight is 475 g/mol. The predicted molar refractivity (Wildman–Crippen MR) is 143 cm³/mol. The van der Waals surface area contributed by atoms with Gasteiger partial charge < -0.3 is 10.2 Å². The number of rotatable bonds is 12. The summed E-state index contributed by atoms with van der Waals surface area (Å²) in [6, 6.07) is 18.0. The van der Waals surface area contributed by atoms with Gasteiger partial charge in [0.1, 0.15) is 5.82 Å². The Morgan fingerprint density at radius 2 is 1.60 bits per heavy atom. The minimum absolute atomic E-state index is 0.0389. The van der Waals surface area contributed by atoms with Crippen molar-refractivity contribution in [2.45, 2.75) is 66.2 Å². The fraction of sp³-hybridized carbons (Fsp3) is 0.414. The predicted octanol–water partition coefficient (Wildman–Crippen LogP) is 6.30. The number of hydrogen-bond donors (Lipinski definition) is 1. The van der Waals surface area contributed by atoms with Crippen molar-refractivity contribution in [1.82, 2.24) is 14.7 Å². The zero-order chi connectivity index (χ0) is 25.2. The number of aryl methyl sites for hydroxylation is 2. The zero-order valence-corrected chi connectivity index (χ0v) is 21.5. The van der Waals surface area contributed by atoms with E-state index in [0.717, 1.165) is 60.2 Å². The van der Waals surface area contributed by atoms with Crippen LogP contribution < -0.4 is 5.32 Å². The molecule has 0 saturated carbocycles. The first-order valence-corrected chi connectivity index (χ1v) is 12.7. The highest BCUT2D eigenvalue weighted by Gasteiger charge is 2.23. The Morgan fingerprint density at radius 1 is 0.914 bits per heavy atom. The fourth-order valence-corrected chi connectivity index (χ4v) is 4.24. The number of anilines is 1. The Hall–Kier alpha value is -3.41. The minimum Gasteiger partial charge on any atom is -0.333 e.